The van der Waals surface area contributed by atoms with Crippen LogP contribution in [0.15, 0.2) is 18.2 Å². The van der Waals surface area contributed by atoms with Crippen molar-refractivity contribution in [3.63, 3.8) is 0 Å². The van der Waals surface area contributed by atoms with Gasteiger partial charge in [0.1, 0.15) is 17.4 Å². The minimum atomic E-state index is -1.13. The van der Waals surface area contributed by atoms with Crippen LogP contribution < -0.4 is 10.5 Å². The lowest BCUT2D eigenvalue weighted by atomic mass is 9.99. The standard InChI is InChI=1S/C12H15NO5/c1-17-9-5-3-4-7(10(9)11(14)15)6-8(13)12(16)18-2/h3-5,8H,6,13H2,1-2H3,(H,14,15)/t8-/m1/s1. The molecule has 0 amide bonds. The minimum Gasteiger partial charge on any atom is -0.496 e. The predicted octanol–water partition coefficient (Wildman–Crippen LogP) is 0.436. The summed E-state index contributed by atoms with van der Waals surface area (Å²) in [6, 6.07) is 3.87. The lowest BCUT2D eigenvalue weighted by molar-refractivity contribution is -0.142. The van der Waals surface area contributed by atoms with E-state index in [9.17, 15) is 9.59 Å². The van der Waals surface area contributed by atoms with Gasteiger partial charge in [0, 0.05) is 0 Å². The van der Waals surface area contributed by atoms with E-state index < -0.39 is 18.0 Å². The average Bonchev–Trinajstić information content (AvgIpc) is 2.36. The molecular weight excluding hydrogens is 238 g/mol. The molecule has 3 N–H and O–H groups in total. The fraction of sp³-hybridized carbons (Fsp3) is 0.333. The van der Waals surface area contributed by atoms with Crippen molar-refractivity contribution in [3.8, 4) is 5.75 Å². The average molecular weight is 253 g/mol. The van der Waals surface area contributed by atoms with E-state index in [1.165, 1.54) is 20.3 Å². The van der Waals surface area contributed by atoms with E-state index >= 15 is 0 Å². The van der Waals surface area contributed by atoms with Crippen LogP contribution in [-0.4, -0.2) is 37.3 Å². The van der Waals surface area contributed by atoms with Crippen LogP contribution in [0.5, 0.6) is 5.75 Å². The summed E-state index contributed by atoms with van der Waals surface area (Å²) in [6.45, 7) is 0. The van der Waals surface area contributed by atoms with Crippen molar-refractivity contribution < 1.29 is 24.2 Å². The number of nitrogens with two attached hydrogens (primary N) is 1. The van der Waals surface area contributed by atoms with Crippen LogP contribution in [0.25, 0.3) is 0 Å². The van der Waals surface area contributed by atoms with Gasteiger partial charge < -0.3 is 20.3 Å². The molecule has 0 fully saturated rings. The number of rotatable bonds is 5. The second-order valence-electron chi connectivity index (χ2n) is 3.63. The molecule has 0 bridgehead atoms. The molecule has 0 heterocycles. The van der Waals surface area contributed by atoms with Crippen molar-refractivity contribution in [2.45, 2.75) is 12.5 Å². The van der Waals surface area contributed by atoms with E-state index in [-0.39, 0.29) is 17.7 Å². The number of esters is 1. The summed E-state index contributed by atoms with van der Waals surface area (Å²) in [5.74, 6) is -1.48. The van der Waals surface area contributed by atoms with Gasteiger partial charge in [-0.3, -0.25) is 4.79 Å². The molecule has 0 aliphatic heterocycles. The number of ether oxygens (including phenoxy) is 2. The van der Waals surface area contributed by atoms with E-state index in [4.69, 9.17) is 15.6 Å². The van der Waals surface area contributed by atoms with Gasteiger partial charge in [-0.15, -0.1) is 0 Å². The number of carbonyl (C=O) groups excluding carboxylic acids is 1. The molecule has 1 aromatic rings. The normalized spacial score (nSPS) is 11.7. The van der Waals surface area contributed by atoms with E-state index in [0.717, 1.165) is 0 Å². The second kappa shape index (κ2) is 6.02. The van der Waals surface area contributed by atoms with Gasteiger partial charge in [0.25, 0.3) is 0 Å². The van der Waals surface area contributed by atoms with Crippen LogP contribution in [0.2, 0.25) is 0 Å². The third kappa shape index (κ3) is 2.98. The monoisotopic (exact) mass is 253 g/mol. The van der Waals surface area contributed by atoms with Crippen LogP contribution in [-0.2, 0) is 16.0 Å². The van der Waals surface area contributed by atoms with Gasteiger partial charge in [-0.1, -0.05) is 12.1 Å². The van der Waals surface area contributed by atoms with Gasteiger partial charge >= 0.3 is 11.9 Å². The van der Waals surface area contributed by atoms with Crippen molar-refractivity contribution in [1.82, 2.24) is 0 Å². The first-order chi connectivity index (χ1) is 8.51. The molecule has 1 atom stereocenters. The number of benzene rings is 1. The van der Waals surface area contributed by atoms with Crippen molar-refractivity contribution >= 4 is 11.9 Å². The van der Waals surface area contributed by atoms with Crippen LogP contribution in [0, 0.1) is 0 Å². The molecule has 6 nitrogen and oxygen atoms in total. The van der Waals surface area contributed by atoms with Gasteiger partial charge in [0.2, 0.25) is 0 Å². The topological polar surface area (TPSA) is 98.9 Å². The zero-order valence-corrected chi connectivity index (χ0v) is 10.2. The lowest BCUT2D eigenvalue weighted by Crippen LogP contribution is -2.34. The Morgan fingerprint density at radius 3 is 2.56 bits per heavy atom. The molecule has 0 aliphatic rings. The zero-order valence-electron chi connectivity index (χ0n) is 10.2. The fourth-order valence-electron chi connectivity index (χ4n) is 1.63. The quantitative estimate of drug-likeness (QED) is 0.738. The predicted molar refractivity (Wildman–Crippen MR) is 63.6 cm³/mol. The Labute approximate surface area is 104 Å². The summed E-state index contributed by atoms with van der Waals surface area (Å²) < 4.78 is 9.48. The molecule has 0 aliphatic carbocycles. The molecule has 1 aromatic carbocycles. The Kier molecular flexibility index (Phi) is 4.67. The molecule has 1 rings (SSSR count). The Morgan fingerprint density at radius 2 is 2.06 bits per heavy atom. The third-order valence-corrected chi connectivity index (χ3v) is 2.49. The van der Waals surface area contributed by atoms with Crippen LogP contribution in [0.4, 0.5) is 0 Å². The summed E-state index contributed by atoms with van der Waals surface area (Å²) in [5, 5.41) is 9.15. The summed E-state index contributed by atoms with van der Waals surface area (Å²) in [6.07, 6.45) is 0.0749. The maximum atomic E-state index is 11.2. The minimum absolute atomic E-state index is 0.0133. The first kappa shape index (κ1) is 14.0. The lowest BCUT2D eigenvalue weighted by Gasteiger charge is -2.13. The first-order valence-corrected chi connectivity index (χ1v) is 5.23. The second-order valence-corrected chi connectivity index (χ2v) is 3.63. The molecule has 98 valence electrons. The van der Waals surface area contributed by atoms with E-state index in [0.29, 0.717) is 5.56 Å². The first-order valence-electron chi connectivity index (χ1n) is 5.23. The van der Waals surface area contributed by atoms with Gasteiger partial charge in [-0.25, -0.2) is 4.79 Å². The van der Waals surface area contributed by atoms with Crippen molar-refractivity contribution in [1.29, 1.82) is 0 Å². The Morgan fingerprint density at radius 1 is 1.39 bits per heavy atom. The number of carboxylic acids is 1. The summed E-state index contributed by atoms with van der Waals surface area (Å²) in [7, 11) is 2.61. The number of aromatic carboxylic acids is 1. The van der Waals surface area contributed by atoms with Crippen LogP contribution in [0.3, 0.4) is 0 Å². The highest BCUT2D eigenvalue weighted by molar-refractivity contribution is 5.93. The van der Waals surface area contributed by atoms with Crippen molar-refractivity contribution in [2.75, 3.05) is 14.2 Å². The van der Waals surface area contributed by atoms with Gasteiger partial charge in [0.05, 0.1) is 14.2 Å². The molecule has 0 saturated carbocycles. The zero-order chi connectivity index (χ0) is 13.7. The fourth-order valence-corrected chi connectivity index (χ4v) is 1.63. The van der Waals surface area contributed by atoms with Gasteiger partial charge in [0.15, 0.2) is 0 Å². The summed E-state index contributed by atoms with van der Waals surface area (Å²) >= 11 is 0. The molecule has 0 unspecified atom stereocenters. The highest BCUT2D eigenvalue weighted by atomic mass is 16.5. The molecule has 0 aromatic heterocycles. The van der Waals surface area contributed by atoms with Gasteiger partial charge in [-0.05, 0) is 18.1 Å². The summed E-state index contributed by atoms with van der Waals surface area (Å²) in [4.78, 5) is 22.4. The molecular formula is C12H15NO5. The summed E-state index contributed by atoms with van der Waals surface area (Å²) in [5.41, 5.74) is 6.06. The smallest absolute Gasteiger partial charge is 0.339 e. The number of hydrogen-bond donors (Lipinski definition) is 2. The van der Waals surface area contributed by atoms with Crippen LogP contribution >= 0.6 is 0 Å². The molecule has 18 heavy (non-hydrogen) atoms. The Hall–Kier alpha value is -2.08. The SMILES string of the molecule is COC(=O)[C@H](N)Cc1cccc(OC)c1C(=O)O. The Balaban J connectivity index is 3.09. The number of methoxy groups -OCH3 is 2. The highest BCUT2D eigenvalue weighted by Crippen LogP contribution is 2.23. The van der Waals surface area contributed by atoms with Gasteiger partial charge in [-0.2, -0.15) is 0 Å². The third-order valence-electron chi connectivity index (χ3n) is 2.49. The molecule has 0 spiro atoms. The maximum absolute atomic E-state index is 11.2. The maximum Gasteiger partial charge on any atom is 0.339 e. The number of hydrogen-bond acceptors (Lipinski definition) is 5. The Bertz CT molecular complexity index is 458. The van der Waals surface area contributed by atoms with E-state index in [1.54, 1.807) is 12.1 Å². The largest absolute Gasteiger partial charge is 0.496 e. The van der Waals surface area contributed by atoms with E-state index in [2.05, 4.69) is 4.74 Å². The molecule has 6 heteroatoms. The van der Waals surface area contributed by atoms with Crippen LogP contribution in [0.1, 0.15) is 15.9 Å². The number of carbonyl (C=O) groups is 2. The van der Waals surface area contributed by atoms with Crippen molar-refractivity contribution in [3.05, 3.63) is 29.3 Å². The van der Waals surface area contributed by atoms with E-state index in [1.807, 2.05) is 0 Å². The molecule has 0 saturated heterocycles. The highest BCUT2D eigenvalue weighted by Gasteiger charge is 2.21. The number of carboxylic acid groups (broad SMARTS) is 1. The molecule has 0 radical (unpaired) electrons. The van der Waals surface area contributed by atoms with Crippen molar-refractivity contribution in [2.24, 2.45) is 5.73 Å².